The number of rotatable bonds is 2. The largest absolute Gasteiger partial charge is 0.465 e. The molecule has 3 heterocycles. The summed E-state index contributed by atoms with van der Waals surface area (Å²) in [6.45, 7) is 1.97. The number of cyclic esters (lactones) is 1. The number of ether oxygens (including phenoxy) is 1. The molecule has 3 aliphatic rings. The lowest BCUT2D eigenvalue weighted by molar-refractivity contribution is -0.144. The van der Waals surface area contributed by atoms with E-state index in [0.29, 0.717) is 29.6 Å². The SMILES string of the molecule is O=C1CC2(CO1)CC(C(=O)N1CCC(c3noc4cc(Cl)ccc34)CC1)C2. The Balaban J connectivity index is 1.20. The van der Waals surface area contributed by atoms with Crippen LogP contribution in [0, 0.1) is 11.3 Å². The van der Waals surface area contributed by atoms with Crippen molar-refractivity contribution in [3.63, 3.8) is 0 Å². The fourth-order valence-electron chi connectivity index (χ4n) is 4.92. The summed E-state index contributed by atoms with van der Waals surface area (Å²) < 4.78 is 10.5. The first-order valence-corrected chi connectivity index (χ1v) is 9.90. The summed E-state index contributed by atoms with van der Waals surface area (Å²) in [5.74, 6) is 0.453. The summed E-state index contributed by atoms with van der Waals surface area (Å²) in [4.78, 5) is 26.1. The highest BCUT2D eigenvalue weighted by molar-refractivity contribution is 6.31. The number of amides is 1. The number of piperidine rings is 1. The highest BCUT2D eigenvalue weighted by Gasteiger charge is 2.53. The molecule has 1 amide bonds. The second-order valence-electron chi connectivity index (χ2n) is 8.25. The lowest BCUT2D eigenvalue weighted by Crippen LogP contribution is -2.49. The van der Waals surface area contributed by atoms with Crippen molar-refractivity contribution in [1.82, 2.24) is 10.1 Å². The molecule has 0 atom stereocenters. The Kier molecular flexibility index (Phi) is 3.93. The number of fused-ring (bicyclic) bond motifs is 1. The first-order chi connectivity index (χ1) is 13.0. The molecule has 7 heteroatoms. The highest BCUT2D eigenvalue weighted by atomic mass is 35.5. The van der Waals surface area contributed by atoms with Crippen LogP contribution in [-0.4, -0.2) is 41.6 Å². The Hall–Kier alpha value is -2.08. The zero-order valence-electron chi connectivity index (χ0n) is 14.9. The maximum Gasteiger partial charge on any atom is 0.306 e. The van der Waals surface area contributed by atoms with Gasteiger partial charge in [0, 0.05) is 46.8 Å². The molecule has 142 valence electrons. The van der Waals surface area contributed by atoms with E-state index in [1.807, 2.05) is 17.0 Å². The van der Waals surface area contributed by atoms with Crippen LogP contribution in [-0.2, 0) is 14.3 Å². The van der Waals surface area contributed by atoms with Gasteiger partial charge in [0.05, 0.1) is 18.7 Å². The number of carbonyl (C=O) groups is 2. The lowest BCUT2D eigenvalue weighted by Gasteiger charge is -2.44. The second-order valence-corrected chi connectivity index (χ2v) is 8.69. The summed E-state index contributed by atoms with van der Waals surface area (Å²) in [5, 5.41) is 5.91. The minimum absolute atomic E-state index is 0.0473. The average Bonchev–Trinajstić information content (AvgIpc) is 3.23. The first kappa shape index (κ1) is 17.0. The third-order valence-corrected chi connectivity index (χ3v) is 6.66. The summed E-state index contributed by atoms with van der Waals surface area (Å²) in [6.07, 6.45) is 3.81. The van der Waals surface area contributed by atoms with E-state index in [-0.39, 0.29) is 23.2 Å². The standard InChI is InChI=1S/C20H21ClN2O4/c21-14-1-2-15-16(7-14)27-22-18(15)12-3-5-23(6-4-12)19(25)13-8-20(9-13)10-17(24)26-11-20/h1-2,7,12-13H,3-6,8-11H2. The van der Waals surface area contributed by atoms with Gasteiger partial charge in [0.25, 0.3) is 0 Å². The van der Waals surface area contributed by atoms with Gasteiger partial charge < -0.3 is 14.2 Å². The van der Waals surface area contributed by atoms with Crippen LogP contribution in [0.1, 0.15) is 43.7 Å². The Labute approximate surface area is 161 Å². The molecule has 2 saturated heterocycles. The van der Waals surface area contributed by atoms with Gasteiger partial charge in [0.1, 0.15) is 0 Å². The van der Waals surface area contributed by atoms with Crippen molar-refractivity contribution in [2.75, 3.05) is 19.7 Å². The van der Waals surface area contributed by atoms with Crippen molar-refractivity contribution in [1.29, 1.82) is 0 Å². The second kappa shape index (κ2) is 6.23. The number of hydrogen-bond acceptors (Lipinski definition) is 5. The molecular formula is C20H21ClN2O4. The molecule has 0 radical (unpaired) electrons. The van der Waals surface area contributed by atoms with E-state index >= 15 is 0 Å². The molecule has 1 saturated carbocycles. The minimum Gasteiger partial charge on any atom is -0.465 e. The highest BCUT2D eigenvalue weighted by Crippen LogP contribution is 2.52. The Morgan fingerprint density at radius 2 is 2.04 bits per heavy atom. The molecular weight excluding hydrogens is 368 g/mol. The van der Waals surface area contributed by atoms with E-state index in [0.717, 1.165) is 49.9 Å². The van der Waals surface area contributed by atoms with Crippen molar-refractivity contribution in [3.05, 3.63) is 28.9 Å². The third-order valence-electron chi connectivity index (χ3n) is 6.42. The molecule has 0 bridgehead atoms. The van der Waals surface area contributed by atoms with E-state index in [9.17, 15) is 9.59 Å². The van der Waals surface area contributed by atoms with Gasteiger partial charge in [-0.2, -0.15) is 0 Å². The van der Waals surface area contributed by atoms with Gasteiger partial charge in [-0.3, -0.25) is 9.59 Å². The van der Waals surface area contributed by atoms with Crippen LogP contribution in [0.15, 0.2) is 22.7 Å². The van der Waals surface area contributed by atoms with Gasteiger partial charge in [-0.25, -0.2) is 0 Å². The predicted octanol–water partition coefficient (Wildman–Crippen LogP) is 3.53. The number of benzene rings is 1. The molecule has 1 aliphatic carbocycles. The average molecular weight is 389 g/mol. The first-order valence-electron chi connectivity index (χ1n) is 9.52. The van der Waals surface area contributed by atoms with Gasteiger partial charge in [-0.15, -0.1) is 0 Å². The predicted molar refractivity (Wildman–Crippen MR) is 98.3 cm³/mol. The van der Waals surface area contributed by atoms with Crippen molar-refractivity contribution in [3.8, 4) is 0 Å². The molecule has 6 nitrogen and oxygen atoms in total. The molecule has 2 aromatic rings. The van der Waals surface area contributed by atoms with Crippen LogP contribution in [0.5, 0.6) is 0 Å². The zero-order valence-corrected chi connectivity index (χ0v) is 15.7. The molecule has 0 unspecified atom stereocenters. The fraction of sp³-hybridized carbons (Fsp3) is 0.550. The quantitative estimate of drug-likeness (QED) is 0.736. The maximum absolute atomic E-state index is 12.8. The van der Waals surface area contributed by atoms with E-state index < -0.39 is 0 Å². The minimum atomic E-state index is -0.122. The van der Waals surface area contributed by atoms with E-state index in [1.165, 1.54) is 0 Å². The number of carbonyl (C=O) groups excluding carboxylic acids is 2. The van der Waals surface area contributed by atoms with Gasteiger partial charge in [-0.1, -0.05) is 16.8 Å². The van der Waals surface area contributed by atoms with Crippen LogP contribution in [0.25, 0.3) is 11.0 Å². The summed E-state index contributed by atoms with van der Waals surface area (Å²) in [7, 11) is 0. The van der Waals surface area contributed by atoms with Crippen molar-refractivity contribution in [2.24, 2.45) is 11.3 Å². The van der Waals surface area contributed by atoms with E-state index in [2.05, 4.69) is 5.16 Å². The topological polar surface area (TPSA) is 72.6 Å². The van der Waals surface area contributed by atoms with Crippen LogP contribution < -0.4 is 0 Å². The third kappa shape index (κ3) is 2.90. The Bertz CT molecular complexity index is 910. The van der Waals surface area contributed by atoms with Crippen LogP contribution >= 0.6 is 11.6 Å². The fourth-order valence-corrected chi connectivity index (χ4v) is 5.08. The maximum atomic E-state index is 12.8. The number of likely N-dealkylation sites (tertiary alicyclic amines) is 1. The van der Waals surface area contributed by atoms with Crippen LogP contribution in [0.4, 0.5) is 0 Å². The Morgan fingerprint density at radius 3 is 2.74 bits per heavy atom. The normalized spacial score (nSPS) is 28.6. The molecule has 1 aromatic carbocycles. The van der Waals surface area contributed by atoms with Crippen LogP contribution in [0.3, 0.4) is 0 Å². The molecule has 2 aliphatic heterocycles. The van der Waals surface area contributed by atoms with E-state index in [4.69, 9.17) is 20.9 Å². The van der Waals surface area contributed by atoms with Crippen molar-refractivity contribution >= 4 is 34.4 Å². The number of nitrogens with zero attached hydrogens (tertiary/aromatic N) is 2. The molecule has 3 fully saturated rings. The van der Waals surface area contributed by atoms with Crippen molar-refractivity contribution < 1.29 is 18.8 Å². The number of esters is 1. The smallest absolute Gasteiger partial charge is 0.306 e. The molecule has 1 aromatic heterocycles. The monoisotopic (exact) mass is 388 g/mol. The Morgan fingerprint density at radius 1 is 1.26 bits per heavy atom. The number of aromatic nitrogens is 1. The molecule has 0 N–H and O–H groups in total. The number of halogens is 1. The lowest BCUT2D eigenvalue weighted by atomic mass is 9.61. The number of hydrogen-bond donors (Lipinski definition) is 0. The van der Waals surface area contributed by atoms with Gasteiger partial charge >= 0.3 is 5.97 Å². The van der Waals surface area contributed by atoms with Gasteiger partial charge in [0.2, 0.25) is 5.91 Å². The zero-order chi connectivity index (χ0) is 18.6. The van der Waals surface area contributed by atoms with E-state index in [1.54, 1.807) is 6.07 Å². The van der Waals surface area contributed by atoms with Gasteiger partial charge in [0.15, 0.2) is 5.58 Å². The summed E-state index contributed by atoms with van der Waals surface area (Å²) >= 11 is 6.01. The van der Waals surface area contributed by atoms with Crippen LogP contribution in [0.2, 0.25) is 5.02 Å². The molecule has 27 heavy (non-hydrogen) atoms. The molecule has 5 rings (SSSR count). The van der Waals surface area contributed by atoms with Gasteiger partial charge in [-0.05, 0) is 37.8 Å². The summed E-state index contributed by atoms with van der Waals surface area (Å²) in [6, 6.07) is 5.60. The molecule has 1 spiro atoms. The summed E-state index contributed by atoms with van der Waals surface area (Å²) in [5.41, 5.74) is 1.62. The van der Waals surface area contributed by atoms with Crippen molar-refractivity contribution in [2.45, 2.75) is 38.0 Å².